The summed E-state index contributed by atoms with van der Waals surface area (Å²) in [4.78, 5) is 15.4. The van der Waals surface area contributed by atoms with Crippen LogP contribution in [0.4, 0.5) is 0 Å². The molecule has 1 aliphatic carbocycles. The molecule has 2 heterocycles. The van der Waals surface area contributed by atoms with Crippen LogP contribution in [-0.4, -0.2) is 85.2 Å². The van der Waals surface area contributed by atoms with E-state index in [2.05, 4.69) is 27.5 Å². The molecule has 0 aromatic rings. The first-order chi connectivity index (χ1) is 14.5. The van der Waals surface area contributed by atoms with Crippen LogP contribution in [-0.2, 0) is 9.53 Å². The molecule has 0 spiro atoms. The van der Waals surface area contributed by atoms with E-state index in [1.807, 2.05) is 40.0 Å². The minimum Gasteiger partial charge on any atom is -0.515 e. The number of aliphatic hydroxyl groups excluding tert-OH is 4. The average molecular weight is 549 g/mol. The minimum atomic E-state index is -1.24. The minimum absolute atomic E-state index is 0.0392. The van der Waals surface area contributed by atoms with Crippen molar-refractivity contribution in [2.45, 2.75) is 73.9 Å². The highest BCUT2D eigenvalue weighted by Gasteiger charge is 2.59. The molecule has 4 N–H and O–H groups in total. The molecule has 3 rings (SSSR count). The Balaban J connectivity index is 1.83. The lowest BCUT2D eigenvalue weighted by molar-refractivity contribution is -0.120. The van der Waals surface area contributed by atoms with Gasteiger partial charge in [-0.05, 0) is 44.6 Å². The maximum Gasteiger partial charge on any atom is 0.196 e. The standard InChI is InChI=1S/C23H36INO6/c1-13-15(28)11-16(24)22(2,7-6-10-26)17(13)18(29)14(12-27)19(30)20-21(31-20)23(3)8-5-9-25(23)4/h5,8,12-13,15-18,20-21,26-29H,6-7,9-11H2,1-4H3/t13-,15-,16?,17?,18-,20?,21?,22-,23+/m0/s1. The Bertz CT molecular complexity index is 744. The van der Waals surface area contributed by atoms with Crippen LogP contribution in [0.25, 0.3) is 0 Å². The second kappa shape index (κ2) is 9.38. The van der Waals surface area contributed by atoms with Gasteiger partial charge in [0.25, 0.3) is 0 Å². The lowest BCUT2D eigenvalue weighted by atomic mass is 9.57. The number of rotatable bonds is 8. The fourth-order valence-electron chi connectivity index (χ4n) is 5.66. The first kappa shape index (κ1) is 25.1. The predicted molar refractivity (Wildman–Crippen MR) is 126 cm³/mol. The fourth-order valence-corrected chi connectivity index (χ4v) is 6.91. The first-order valence-corrected chi connectivity index (χ1v) is 12.3. The van der Waals surface area contributed by atoms with Crippen LogP contribution in [0.5, 0.6) is 0 Å². The smallest absolute Gasteiger partial charge is 0.196 e. The lowest BCUT2D eigenvalue weighted by Crippen LogP contribution is -2.55. The van der Waals surface area contributed by atoms with Gasteiger partial charge in [-0.3, -0.25) is 9.69 Å². The van der Waals surface area contributed by atoms with Crippen molar-refractivity contribution in [3.8, 4) is 0 Å². The highest BCUT2D eigenvalue weighted by Crippen LogP contribution is 2.53. The van der Waals surface area contributed by atoms with E-state index in [1.165, 1.54) is 0 Å². The number of hydrogen-bond acceptors (Lipinski definition) is 7. The molecule has 8 heteroatoms. The predicted octanol–water partition coefficient (Wildman–Crippen LogP) is 1.99. The van der Waals surface area contributed by atoms with Crippen LogP contribution in [0.2, 0.25) is 0 Å². The van der Waals surface area contributed by atoms with E-state index >= 15 is 0 Å². The maximum absolute atomic E-state index is 13.3. The summed E-state index contributed by atoms with van der Waals surface area (Å²) in [7, 11) is 1.97. The van der Waals surface area contributed by atoms with Crippen LogP contribution >= 0.6 is 22.6 Å². The molecule has 0 amide bonds. The molecule has 4 unspecified atom stereocenters. The van der Waals surface area contributed by atoms with Gasteiger partial charge in [-0.2, -0.15) is 0 Å². The Kier molecular flexibility index (Phi) is 7.60. The number of epoxide rings is 1. The molecule has 31 heavy (non-hydrogen) atoms. The first-order valence-electron chi connectivity index (χ1n) is 11.1. The van der Waals surface area contributed by atoms with Crippen LogP contribution in [0.3, 0.4) is 0 Å². The van der Waals surface area contributed by atoms with Gasteiger partial charge in [0.2, 0.25) is 0 Å². The number of hydrogen-bond donors (Lipinski definition) is 4. The molecular formula is C23H36INO6. The Labute approximate surface area is 198 Å². The van der Waals surface area contributed by atoms with Crippen LogP contribution in [0, 0.1) is 17.3 Å². The van der Waals surface area contributed by atoms with E-state index in [-0.39, 0.29) is 28.1 Å². The van der Waals surface area contributed by atoms with Crippen molar-refractivity contribution in [3.63, 3.8) is 0 Å². The average Bonchev–Trinajstić information content (AvgIpc) is 3.46. The number of halogens is 1. The van der Waals surface area contributed by atoms with Gasteiger partial charge in [0, 0.05) is 23.0 Å². The van der Waals surface area contributed by atoms with Crippen LogP contribution < -0.4 is 0 Å². The van der Waals surface area contributed by atoms with Crippen molar-refractivity contribution >= 4 is 28.4 Å². The highest BCUT2D eigenvalue weighted by molar-refractivity contribution is 14.1. The largest absolute Gasteiger partial charge is 0.515 e. The molecule has 3 aliphatic rings. The molecule has 0 aromatic heterocycles. The van der Waals surface area contributed by atoms with E-state index in [0.29, 0.717) is 25.5 Å². The highest BCUT2D eigenvalue weighted by atomic mass is 127. The van der Waals surface area contributed by atoms with Crippen molar-refractivity contribution < 1.29 is 30.0 Å². The van der Waals surface area contributed by atoms with Gasteiger partial charge >= 0.3 is 0 Å². The quantitative estimate of drug-likeness (QED) is 0.0915. The van der Waals surface area contributed by atoms with E-state index in [9.17, 15) is 25.2 Å². The molecule has 1 saturated heterocycles. The number of ketones is 1. The molecule has 1 saturated carbocycles. The summed E-state index contributed by atoms with van der Waals surface area (Å²) in [6.07, 6.45) is 3.70. The molecule has 0 radical (unpaired) electrons. The summed E-state index contributed by atoms with van der Waals surface area (Å²) in [6, 6.07) is 0. The monoisotopic (exact) mass is 549 g/mol. The van der Waals surface area contributed by atoms with Gasteiger partial charge in [0.05, 0.1) is 29.6 Å². The Hall–Kier alpha value is -0.520. The summed E-state index contributed by atoms with van der Waals surface area (Å²) in [5.41, 5.74) is -0.881. The van der Waals surface area contributed by atoms with Gasteiger partial charge in [0.15, 0.2) is 5.78 Å². The van der Waals surface area contributed by atoms with Crippen molar-refractivity contribution in [1.29, 1.82) is 0 Å². The third-order valence-corrected chi connectivity index (χ3v) is 9.97. The fraction of sp³-hybridized carbons (Fsp3) is 0.783. The van der Waals surface area contributed by atoms with E-state index in [1.54, 1.807) is 0 Å². The number of carbonyl (C=O) groups excluding carboxylic acids is 1. The number of likely N-dealkylation sites (N-methyl/N-ethyl adjacent to an activating group) is 1. The second-order valence-corrected chi connectivity index (χ2v) is 11.4. The Morgan fingerprint density at radius 3 is 2.65 bits per heavy atom. The lowest BCUT2D eigenvalue weighted by Gasteiger charge is -2.52. The summed E-state index contributed by atoms with van der Waals surface area (Å²) in [5.74, 6) is -1.13. The topological polar surface area (TPSA) is 114 Å². The van der Waals surface area contributed by atoms with Crippen molar-refractivity contribution in [2.75, 3.05) is 20.2 Å². The summed E-state index contributed by atoms with van der Waals surface area (Å²) < 4.78 is 5.81. The number of nitrogens with zero attached hydrogens (tertiary/aromatic N) is 1. The number of Topliss-reactive ketones (excluding diaryl/α,β-unsaturated/α-hetero) is 1. The van der Waals surface area contributed by atoms with Crippen molar-refractivity contribution in [2.24, 2.45) is 17.3 Å². The Morgan fingerprint density at radius 1 is 1.42 bits per heavy atom. The zero-order valence-electron chi connectivity index (χ0n) is 18.7. The van der Waals surface area contributed by atoms with Crippen molar-refractivity contribution in [1.82, 2.24) is 4.90 Å². The molecule has 0 bridgehead atoms. The molecule has 9 atom stereocenters. The van der Waals surface area contributed by atoms with Gasteiger partial charge in [-0.25, -0.2) is 0 Å². The summed E-state index contributed by atoms with van der Waals surface area (Å²) in [5, 5.41) is 41.4. The summed E-state index contributed by atoms with van der Waals surface area (Å²) >= 11 is 2.30. The number of aliphatic hydroxyl groups is 4. The number of alkyl halides is 1. The normalized spacial score (nSPS) is 44.5. The van der Waals surface area contributed by atoms with E-state index in [0.717, 1.165) is 6.54 Å². The SMILES string of the molecule is C[C@@H]1C([C@@H](O)C(=CO)C(=O)C2OC2[C@@]2(C)C=CCN2C)[C@@](C)(CCCO)C(I)C[C@@H]1O. The zero-order valence-corrected chi connectivity index (χ0v) is 20.9. The molecular weight excluding hydrogens is 513 g/mol. The molecule has 2 fully saturated rings. The molecule has 176 valence electrons. The maximum atomic E-state index is 13.3. The third-order valence-electron chi connectivity index (χ3n) is 8.04. The number of ether oxygens (including phenoxy) is 1. The zero-order chi connectivity index (χ0) is 23.1. The van der Waals surface area contributed by atoms with Gasteiger partial charge < -0.3 is 25.2 Å². The Morgan fingerprint density at radius 2 is 2.10 bits per heavy atom. The number of carbonyl (C=O) groups is 1. The van der Waals surface area contributed by atoms with Crippen LogP contribution in [0.1, 0.15) is 40.0 Å². The van der Waals surface area contributed by atoms with Crippen molar-refractivity contribution in [3.05, 3.63) is 24.0 Å². The van der Waals surface area contributed by atoms with E-state index in [4.69, 9.17) is 4.74 Å². The third kappa shape index (κ3) is 4.36. The molecule has 2 aliphatic heterocycles. The molecule has 0 aromatic carbocycles. The van der Waals surface area contributed by atoms with Gasteiger partial charge in [-0.1, -0.05) is 48.6 Å². The van der Waals surface area contributed by atoms with Gasteiger partial charge in [-0.15, -0.1) is 0 Å². The van der Waals surface area contributed by atoms with Gasteiger partial charge in [0.1, 0.15) is 12.2 Å². The van der Waals surface area contributed by atoms with E-state index < -0.39 is 41.0 Å². The molecule has 7 nitrogen and oxygen atoms in total. The second-order valence-electron chi connectivity index (χ2n) is 9.87. The van der Waals surface area contributed by atoms with Crippen LogP contribution in [0.15, 0.2) is 24.0 Å². The summed E-state index contributed by atoms with van der Waals surface area (Å²) in [6.45, 7) is 6.76.